The average Bonchev–Trinajstić information content (AvgIpc) is 2.39. The number of benzene rings is 1. The van der Waals surface area contributed by atoms with Crippen molar-refractivity contribution in [3.8, 4) is 0 Å². The normalized spacial score (nSPS) is 22.3. The van der Waals surface area contributed by atoms with Gasteiger partial charge in [-0.25, -0.2) is 9.18 Å². The molecule has 0 aliphatic carbocycles. The second-order valence-electron chi connectivity index (χ2n) is 5.26. The first kappa shape index (κ1) is 14.5. The van der Waals surface area contributed by atoms with Gasteiger partial charge in [-0.1, -0.05) is 6.07 Å². The van der Waals surface area contributed by atoms with Crippen molar-refractivity contribution < 1.29 is 19.1 Å². The minimum Gasteiger partial charge on any atom is -0.478 e. The van der Waals surface area contributed by atoms with Gasteiger partial charge in [0.25, 0.3) is 0 Å². The number of halogens is 1. The predicted octanol–water partition coefficient (Wildman–Crippen LogP) is 1.85. The monoisotopic (exact) mass is 280 g/mol. The lowest BCUT2D eigenvalue weighted by molar-refractivity contribution is -0.125. The van der Waals surface area contributed by atoms with Gasteiger partial charge in [-0.3, -0.25) is 4.79 Å². The van der Waals surface area contributed by atoms with Gasteiger partial charge in [0, 0.05) is 6.54 Å². The zero-order valence-electron chi connectivity index (χ0n) is 11.2. The molecule has 1 atom stereocenters. The number of rotatable bonds is 3. The van der Waals surface area contributed by atoms with E-state index in [4.69, 9.17) is 5.11 Å². The zero-order chi connectivity index (χ0) is 14.8. The Balaban J connectivity index is 2.24. The second kappa shape index (κ2) is 5.58. The molecule has 0 spiro atoms. The summed E-state index contributed by atoms with van der Waals surface area (Å²) < 4.78 is 13.5. The van der Waals surface area contributed by atoms with Crippen LogP contribution in [0.5, 0.6) is 0 Å². The first-order valence-corrected chi connectivity index (χ1v) is 6.48. The third-order valence-electron chi connectivity index (χ3n) is 3.62. The van der Waals surface area contributed by atoms with Crippen molar-refractivity contribution >= 4 is 17.6 Å². The van der Waals surface area contributed by atoms with E-state index in [-0.39, 0.29) is 11.6 Å². The Kier molecular flexibility index (Phi) is 4.04. The summed E-state index contributed by atoms with van der Waals surface area (Å²) in [5.74, 6) is -2.55. The summed E-state index contributed by atoms with van der Waals surface area (Å²) in [5.41, 5.74) is -1.12. The molecule has 20 heavy (non-hydrogen) atoms. The molecule has 108 valence electrons. The van der Waals surface area contributed by atoms with Crippen LogP contribution in [0.1, 0.15) is 30.1 Å². The standard InChI is InChI=1S/C14H17FN2O3/c1-14(6-3-7-16-8-14)13(20)17-10-5-2-4-9(15)11(10)12(18)19/h2,4-5,16H,3,6-8H2,1H3,(H,17,20)(H,18,19). The topological polar surface area (TPSA) is 78.4 Å². The van der Waals surface area contributed by atoms with Gasteiger partial charge in [0.2, 0.25) is 5.91 Å². The minimum atomic E-state index is -1.40. The van der Waals surface area contributed by atoms with Crippen molar-refractivity contribution in [1.82, 2.24) is 5.32 Å². The van der Waals surface area contributed by atoms with Crippen LogP contribution in [0, 0.1) is 11.2 Å². The molecule has 1 unspecified atom stereocenters. The lowest BCUT2D eigenvalue weighted by Crippen LogP contribution is -2.46. The number of carboxylic acid groups (broad SMARTS) is 1. The van der Waals surface area contributed by atoms with Gasteiger partial charge in [-0.2, -0.15) is 0 Å². The molecular formula is C14H17FN2O3. The van der Waals surface area contributed by atoms with Gasteiger partial charge in [-0.15, -0.1) is 0 Å². The number of nitrogens with one attached hydrogen (secondary N) is 2. The minimum absolute atomic E-state index is 0.00528. The average molecular weight is 280 g/mol. The van der Waals surface area contributed by atoms with E-state index in [9.17, 15) is 14.0 Å². The molecule has 0 saturated carbocycles. The number of carbonyl (C=O) groups excluding carboxylic acids is 1. The van der Waals surface area contributed by atoms with Crippen LogP contribution in [0.2, 0.25) is 0 Å². The number of piperidine rings is 1. The first-order valence-electron chi connectivity index (χ1n) is 6.48. The molecule has 1 aromatic carbocycles. The molecule has 2 rings (SSSR count). The lowest BCUT2D eigenvalue weighted by atomic mass is 9.82. The molecule has 1 heterocycles. The number of carbonyl (C=O) groups is 2. The Hall–Kier alpha value is -1.95. The number of hydrogen-bond donors (Lipinski definition) is 3. The smallest absolute Gasteiger partial charge is 0.340 e. The first-order chi connectivity index (χ1) is 9.44. The molecule has 3 N–H and O–H groups in total. The fraction of sp³-hybridized carbons (Fsp3) is 0.429. The van der Waals surface area contributed by atoms with Crippen LogP contribution in [-0.4, -0.2) is 30.1 Å². The van der Waals surface area contributed by atoms with Crippen molar-refractivity contribution in [2.24, 2.45) is 5.41 Å². The second-order valence-corrected chi connectivity index (χ2v) is 5.26. The van der Waals surface area contributed by atoms with Gasteiger partial charge in [0.05, 0.1) is 11.1 Å². The van der Waals surface area contributed by atoms with Crippen LogP contribution in [0.3, 0.4) is 0 Å². The van der Waals surface area contributed by atoms with E-state index in [1.807, 2.05) is 6.92 Å². The van der Waals surface area contributed by atoms with E-state index in [1.54, 1.807) is 0 Å². The van der Waals surface area contributed by atoms with Gasteiger partial charge >= 0.3 is 5.97 Å². The van der Waals surface area contributed by atoms with Crippen molar-refractivity contribution in [1.29, 1.82) is 0 Å². The highest BCUT2D eigenvalue weighted by molar-refractivity contribution is 6.02. The predicted molar refractivity (Wildman–Crippen MR) is 72.2 cm³/mol. The number of carboxylic acids is 1. The van der Waals surface area contributed by atoms with Crippen molar-refractivity contribution in [2.45, 2.75) is 19.8 Å². The molecule has 0 radical (unpaired) electrons. The van der Waals surface area contributed by atoms with Crippen LogP contribution in [0.25, 0.3) is 0 Å². The van der Waals surface area contributed by atoms with E-state index in [0.29, 0.717) is 13.0 Å². The van der Waals surface area contributed by atoms with Crippen molar-refractivity contribution in [3.63, 3.8) is 0 Å². The van der Waals surface area contributed by atoms with Crippen LogP contribution in [0.15, 0.2) is 18.2 Å². The van der Waals surface area contributed by atoms with Crippen molar-refractivity contribution in [2.75, 3.05) is 18.4 Å². The van der Waals surface area contributed by atoms with Gasteiger partial charge in [0.1, 0.15) is 11.4 Å². The summed E-state index contributed by atoms with van der Waals surface area (Å²) in [7, 11) is 0. The van der Waals surface area contributed by atoms with Crippen LogP contribution >= 0.6 is 0 Å². The highest BCUT2D eigenvalue weighted by Crippen LogP contribution is 2.28. The Labute approximate surface area is 116 Å². The fourth-order valence-corrected chi connectivity index (χ4v) is 2.37. The molecular weight excluding hydrogens is 263 g/mol. The third kappa shape index (κ3) is 2.80. The number of hydrogen-bond acceptors (Lipinski definition) is 3. The van der Waals surface area contributed by atoms with E-state index in [1.165, 1.54) is 12.1 Å². The summed E-state index contributed by atoms with van der Waals surface area (Å²) in [6.45, 7) is 3.20. The van der Waals surface area contributed by atoms with Crippen molar-refractivity contribution in [3.05, 3.63) is 29.6 Å². The van der Waals surface area contributed by atoms with E-state index in [0.717, 1.165) is 19.0 Å². The highest BCUT2D eigenvalue weighted by atomic mass is 19.1. The maximum Gasteiger partial charge on any atom is 0.340 e. The maximum atomic E-state index is 13.5. The molecule has 1 fully saturated rings. The summed E-state index contributed by atoms with van der Waals surface area (Å²) in [4.78, 5) is 23.4. The largest absolute Gasteiger partial charge is 0.478 e. The number of amides is 1. The SMILES string of the molecule is CC1(C(=O)Nc2cccc(F)c2C(=O)O)CCCNC1. The Morgan fingerprint density at radius 1 is 1.45 bits per heavy atom. The Bertz CT molecular complexity index is 539. The number of aromatic carboxylic acids is 1. The molecule has 1 aromatic rings. The molecule has 0 aromatic heterocycles. The summed E-state index contributed by atoms with van der Waals surface area (Å²) in [6.07, 6.45) is 1.59. The Morgan fingerprint density at radius 2 is 2.20 bits per heavy atom. The molecule has 1 aliphatic heterocycles. The molecule has 1 amide bonds. The highest BCUT2D eigenvalue weighted by Gasteiger charge is 2.35. The molecule has 6 heteroatoms. The summed E-state index contributed by atoms with van der Waals surface area (Å²) in [5, 5.41) is 14.7. The van der Waals surface area contributed by atoms with E-state index in [2.05, 4.69) is 10.6 Å². The molecule has 0 bridgehead atoms. The van der Waals surface area contributed by atoms with Gasteiger partial charge in [-0.05, 0) is 38.4 Å². The third-order valence-corrected chi connectivity index (χ3v) is 3.62. The number of anilines is 1. The van der Waals surface area contributed by atoms with Crippen LogP contribution < -0.4 is 10.6 Å². The Morgan fingerprint density at radius 3 is 2.80 bits per heavy atom. The quantitative estimate of drug-likeness (QED) is 0.789. The summed E-state index contributed by atoms with van der Waals surface area (Å²) >= 11 is 0. The zero-order valence-corrected chi connectivity index (χ0v) is 11.2. The van der Waals surface area contributed by atoms with E-state index < -0.39 is 22.8 Å². The lowest BCUT2D eigenvalue weighted by Gasteiger charge is -2.32. The molecule has 1 aliphatic rings. The van der Waals surface area contributed by atoms with E-state index >= 15 is 0 Å². The fourth-order valence-electron chi connectivity index (χ4n) is 2.37. The van der Waals surface area contributed by atoms with Gasteiger partial charge in [0.15, 0.2) is 0 Å². The maximum absolute atomic E-state index is 13.5. The van der Waals surface area contributed by atoms with Crippen LogP contribution in [-0.2, 0) is 4.79 Å². The molecule has 1 saturated heterocycles. The van der Waals surface area contributed by atoms with Gasteiger partial charge < -0.3 is 15.7 Å². The summed E-state index contributed by atoms with van der Waals surface area (Å²) in [6, 6.07) is 3.83. The molecule has 5 nitrogen and oxygen atoms in total. The van der Waals surface area contributed by atoms with Crippen LogP contribution in [0.4, 0.5) is 10.1 Å².